The van der Waals surface area contributed by atoms with Gasteiger partial charge in [-0.2, -0.15) is 0 Å². The third-order valence-corrected chi connectivity index (χ3v) is 1.45. The van der Waals surface area contributed by atoms with Crippen molar-refractivity contribution in [1.29, 1.82) is 0 Å². The maximum atomic E-state index is 5.38. The van der Waals surface area contributed by atoms with Crippen molar-refractivity contribution < 1.29 is 0 Å². The van der Waals surface area contributed by atoms with Crippen molar-refractivity contribution in [2.24, 2.45) is 22.2 Å². The van der Waals surface area contributed by atoms with E-state index in [4.69, 9.17) is 17.2 Å². The highest BCUT2D eigenvalue weighted by Crippen LogP contribution is 2.12. The van der Waals surface area contributed by atoms with Crippen molar-refractivity contribution in [3.63, 3.8) is 0 Å². The topological polar surface area (TPSA) is 93.7 Å². The van der Waals surface area contributed by atoms with Crippen LogP contribution in [0, 0.1) is 0 Å². The van der Waals surface area contributed by atoms with E-state index in [1.54, 1.807) is 18.1 Å². The summed E-state index contributed by atoms with van der Waals surface area (Å²) in [5.41, 5.74) is 16.8. The molecule has 0 spiro atoms. The van der Waals surface area contributed by atoms with Gasteiger partial charge >= 0.3 is 0 Å². The molecule has 0 rings (SSSR count). The number of rotatable bonds is 4. The van der Waals surface area contributed by atoms with Gasteiger partial charge in [-0.05, 0) is 6.20 Å². The molecule has 0 heterocycles. The fraction of sp³-hybridized carbons (Fsp3) is 0.125. The molecule has 0 saturated heterocycles. The van der Waals surface area contributed by atoms with E-state index in [1.807, 2.05) is 0 Å². The number of likely N-dealkylation sites (N-methyl/N-ethyl adjacent to an activating group) is 1. The van der Waals surface area contributed by atoms with Crippen LogP contribution in [0.2, 0.25) is 0 Å². The summed E-state index contributed by atoms with van der Waals surface area (Å²) in [5, 5.41) is 0. The first-order chi connectivity index (χ1) is 6.04. The van der Waals surface area contributed by atoms with E-state index in [0.29, 0.717) is 11.4 Å². The predicted octanol–water partition coefficient (Wildman–Crippen LogP) is -0.351. The fourth-order valence-electron chi connectivity index (χ4n) is 0.667. The Morgan fingerprint density at radius 3 is 2.31 bits per heavy atom. The maximum Gasteiger partial charge on any atom is 0.127 e. The van der Waals surface area contributed by atoms with Crippen LogP contribution >= 0.6 is 0 Å². The molecule has 5 heteroatoms. The smallest absolute Gasteiger partial charge is 0.127 e. The SMILES string of the molecule is C=CN(C)C(=C)C(/N=C\N)=C(N)N. The lowest BCUT2D eigenvalue weighted by Gasteiger charge is -2.17. The van der Waals surface area contributed by atoms with Crippen LogP contribution < -0.4 is 17.2 Å². The average molecular weight is 181 g/mol. The van der Waals surface area contributed by atoms with Gasteiger partial charge in [-0.15, -0.1) is 0 Å². The van der Waals surface area contributed by atoms with Crippen LogP contribution in [0.1, 0.15) is 0 Å². The summed E-state index contributed by atoms with van der Waals surface area (Å²) in [6.07, 6.45) is 2.68. The van der Waals surface area contributed by atoms with Gasteiger partial charge in [-0.25, -0.2) is 4.99 Å². The Morgan fingerprint density at radius 1 is 1.46 bits per heavy atom. The molecule has 0 aliphatic rings. The zero-order valence-corrected chi connectivity index (χ0v) is 7.70. The molecule has 6 N–H and O–H groups in total. The number of hydrogen-bond donors (Lipinski definition) is 3. The van der Waals surface area contributed by atoms with E-state index in [9.17, 15) is 0 Å². The Labute approximate surface area is 77.9 Å². The molecule has 0 fully saturated rings. The van der Waals surface area contributed by atoms with E-state index in [1.165, 1.54) is 0 Å². The Hall–Kier alpha value is -1.91. The molecule has 5 nitrogen and oxygen atoms in total. The van der Waals surface area contributed by atoms with Gasteiger partial charge in [-0.1, -0.05) is 13.2 Å². The second kappa shape index (κ2) is 4.87. The van der Waals surface area contributed by atoms with Gasteiger partial charge in [0.15, 0.2) is 0 Å². The van der Waals surface area contributed by atoms with Crippen LogP contribution in [-0.4, -0.2) is 18.3 Å². The van der Waals surface area contributed by atoms with Gasteiger partial charge in [-0.3, -0.25) is 0 Å². The minimum absolute atomic E-state index is 0.0698. The van der Waals surface area contributed by atoms with Crippen molar-refractivity contribution in [2.45, 2.75) is 0 Å². The number of hydrogen-bond acceptors (Lipinski definition) is 4. The van der Waals surface area contributed by atoms with Gasteiger partial charge in [0.05, 0.1) is 12.0 Å². The van der Waals surface area contributed by atoms with Gasteiger partial charge < -0.3 is 22.1 Å². The number of nitrogens with zero attached hydrogens (tertiary/aromatic N) is 2. The molecule has 13 heavy (non-hydrogen) atoms. The minimum Gasteiger partial charge on any atom is -0.390 e. The van der Waals surface area contributed by atoms with Crippen molar-refractivity contribution in [3.8, 4) is 0 Å². The predicted molar refractivity (Wildman–Crippen MR) is 55.2 cm³/mol. The second-order valence-electron chi connectivity index (χ2n) is 2.32. The monoisotopic (exact) mass is 181 g/mol. The van der Waals surface area contributed by atoms with Gasteiger partial charge in [0.2, 0.25) is 0 Å². The first-order valence-corrected chi connectivity index (χ1v) is 3.58. The second-order valence-corrected chi connectivity index (χ2v) is 2.32. The normalized spacial score (nSPS) is 9.62. The van der Waals surface area contributed by atoms with Crippen LogP contribution in [0.15, 0.2) is 41.6 Å². The summed E-state index contributed by atoms with van der Waals surface area (Å²) in [5.74, 6) is 0.0698. The lowest BCUT2D eigenvalue weighted by Crippen LogP contribution is -2.18. The number of aliphatic imine (C=N–C) groups is 1. The molecule has 0 aromatic heterocycles. The zero-order valence-electron chi connectivity index (χ0n) is 7.70. The van der Waals surface area contributed by atoms with Gasteiger partial charge in [0.1, 0.15) is 11.5 Å². The quantitative estimate of drug-likeness (QED) is 0.314. The van der Waals surface area contributed by atoms with Gasteiger partial charge in [0.25, 0.3) is 0 Å². The van der Waals surface area contributed by atoms with E-state index in [-0.39, 0.29) is 5.82 Å². The van der Waals surface area contributed by atoms with E-state index >= 15 is 0 Å². The molecular formula is C8H15N5. The Morgan fingerprint density at radius 2 is 2.00 bits per heavy atom. The van der Waals surface area contributed by atoms with Crippen molar-refractivity contribution in [1.82, 2.24) is 4.90 Å². The Balaban J connectivity index is 4.89. The Kier molecular flexibility index (Phi) is 4.15. The summed E-state index contributed by atoms with van der Waals surface area (Å²) >= 11 is 0. The highest BCUT2D eigenvalue weighted by Gasteiger charge is 2.06. The first-order valence-electron chi connectivity index (χ1n) is 3.58. The highest BCUT2D eigenvalue weighted by molar-refractivity contribution is 5.55. The average Bonchev–Trinajstić information content (AvgIpc) is 2.11. The molecule has 0 aliphatic heterocycles. The number of nitrogens with two attached hydrogens (primary N) is 3. The van der Waals surface area contributed by atoms with E-state index in [0.717, 1.165) is 6.34 Å². The van der Waals surface area contributed by atoms with Gasteiger partial charge in [0, 0.05) is 7.05 Å². The van der Waals surface area contributed by atoms with Crippen molar-refractivity contribution in [2.75, 3.05) is 7.05 Å². The molecular weight excluding hydrogens is 166 g/mol. The highest BCUT2D eigenvalue weighted by atomic mass is 15.1. The summed E-state index contributed by atoms with van der Waals surface area (Å²) in [7, 11) is 1.75. The van der Waals surface area contributed by atoms with Crippen LogP contribution in [0.4, 0.5) is 0 Å². The molecule has 0 unspecified atom stereocenters. The summed E-state index contributed by atoms with van der Waals surface area (Å²) < 4.78 is 0. The molecule has 0 aliphatic carbocycles. The molecule has 72 valence electrons. The minimum atomic E-state index is 0.0698. The molecule has 0 amide bonds. The molecule has 0 aromatic rings. The third kappa shape index (κ3) is 2.90. The van der Waals surface area contributed by atoms with Crippen molar-refractivity contribution >= 4 is 6.34 Å². The van der Waals surface area contributed by atoms with Crippen LogP contribution in [0.3, 0.4) is 0 Å². The zero-order chi connectivity index (χ0) is 10.4. The largest absolute Gasteiger partial charge is 0.390 e. The van der Waals surface area contributed by atoms with Crippen LogP contribution in [0.25, 0.3) is 0 Å². The molecule has 0 aromatic carbocycles. The molecule has 0 bridgehead atoms. The van der Waals surface area contributed by atoms with Crippen molar-refractivity contribution in [3.05, 3.63) is 36.6 Å². The molecule has 0 saturated carbocycles. The third-order valence-electron chi connectivity index (χ3n) is 1.45. The molecule has 0 atom stereocenters. The summed E-state index contributed by atoms with van der Waals surface area (Å²) in [6.45, 7) is 7.29. The Bertz CT molecular complexity index is 260. The summed E-state index contributed by atoms with van der Waals surface area (Å²) in [6, 6.07) is 0. The maximum absolute atomic E-state index is 5.38. The van der Waals surface area contributed by atoms with Crippen LogP contribution in [0.5, 0.6) is 0 Å². The molecule has 0 radical (unpaired) electrons. The first kappa shape index (κ1) is 11.1. The van der Waals surface area contributed by atoms with E-state index in [2.05, 4.69) is 18.2 Å². The standard InChI is InChI=1S/C8H15N5/c1-4-13(3)6(2)7(8(10)11)12-5-9/h4-5H,1-2,10-11H2,3H3,(H2,9,12). The lowest BCUT2D eigenvalue weighted by atomic mass is 10.3. The lowest BCUT2D eigenvalue weighted by molar-refractivity contribution is 0.580. The van der Waals surface area contributed by atoms with E-state index < -0.39 is 0 Å². The fourth-order valence-corrected chi connectivity index (χ4v) is 0.667. The summed E-state index contributed by atoms with van der Waals surface area (Å²) in [4.78, 5) is 5.43. The van der Waals surface area contributed by atoms with Crippen LogP contribution in [-0.2, 0) is 0 Å².